The molecule has 0 spiro atoms. The molecule has 0 aliphatic rings. The molecule has 7 nitrogen and oxygen atoms in total. The van der Waals surface area contributed by atoms with E-state index in [0.29, 0.717) is 22.7 Å². The van der Waals surface area contributed by atoms with Crippen LogP contribution >= 0.6 is 11.6 Å². The number of rotatable bonds is 5. The van der Waals surface area contributed by atoms with Crippen LogP contribution in [0.15, 0.2) is 53.6 Å². The van der Waals surface area contributed by atoms with Crippen molar-refractivity contribution in [3.05, 3.63) is 81.9 Å². The topological polar surface area (TPSA) is 88.4 Å². The lowest BCUT2D eigenvalue weighted by atomic mass is 10.1. The monoisotopic (exact) mass is 427 g/mol. The van der Waals surface area contributed by atoms with Crippen LogP contribution in [0, 0.1) is 12.7 Å². The molecule has 30 heavy (non-hydrogen) atoms. The van der Waals surface area contributed by atoms with E-state index in [1.54, 1.807) is 45.2 Å². The number of benzene rings is 2. The summed E-state index contributed by atoms with van der Waals surface area (Å²) in [4.78, 5) is 24.7. The third-order valence-electron chi connectivity index (χ3n) is 4.31. The van der Waals surface area contributed by atoms with Crippen molar-refractivity contribution in [3.8, 4) is 0 Å². The lowest BCUT2D eigenvalue weighted by molar-refractivity contribution is 0.0945. The summed E-state index contributed by atoms with van der Waals surface area (Å²) in [7, 11) is 1.62. The van der Waals surface area contributed by atoms with Crippen molar-refractivity contribution < 1.29 is 14.0 Å². The zero-order chi connectivity index (χ0) is 21.8. The minimum atomic E-state index is -0.488. The Morgan fingerprint density at radius 1 is 1.10 bits per heavy atom. The van der Waals surface area contributed by atoms with E-state index in [9.17, 15) is 14.0 Å². The van der Waals surface area contributed by atoms with Gasteiger partial charge in [-0.1, -0.05) is 29.8 Å². The Morgan fingerprint density at radius 3 is 2.47 bits per heavy atom. The summed E-state index contributed by atoms with van der Waals surface area (Å²) in [5.41, 5.74) is 5.13. The van der Waals surface area contributed by atoms with Crippen molar-refractivity contribution in [3.63, 3.8) is 0 Å². The van der Waals surface area contributed by atoms with Gasteiger partial charge >= 0.3 is 0 Å². The molecule has 1 heterocycles. The summed E-state index contributed by atoms with van der Waals surface area (Å²) in [6.45, 7) is 3.42. The first-order chi connectivity index (χ1) is 14.3. The molecule has 2 amide bonds. The Balaban J connectivity index is 1.73. The third-order valence-corrected chi connectivity index (χ3v) is 4.77. The molecule has 0 unspecified atom stereocenters. The van der Waals surface area contributed by atoms with Gasteiger partial charge in [-0.2, -0.15) is 10.2 Å². The number of amides is 2. The third kappa shape index (κ3) is 4.72. The van der Waals surface area contributed by atoms with Crippen LogP contribution in [-0.4, -0.2) is 27.3 Å². The number of nitrogens with zero attached hydrogens (tertiary/aromatic N) is 3. The van der Waals surface area contributed by atoms with E-state index in [0.717, 1.165) is 6.07 Å². The molecule has 2 aromatic carbocycles. The first-order valence-electron chi connectivity index (χ1n) is 8.97. The Labute approximate surface area is 177 Å². The van der Waals surface area contributed by atoms with Gasteiger partial charge in [-0.05, 0) is 49.7 Å². The highest BCUT2D eigenvalue weighted by Gasteiger charge is 2.18. The molecule has 0 bridgehead atoms. The lowest BCUT2D eigenvalue weighted by Gasteiger charge is -2.08. The van der Waals surface area contributed by atoms with Crippen LogP contribution < -0.4 is 10.7 Å². The summed E-state index contributed by atoms with van der Waals surface area (Å²) in [5.74, 6) is -1.41. The quantitative estimate of drug-likeness (QED) is 0.477. The average Bonchev–Trinajstić information content (AvgIpc) is 2.97. The van der Waals surface area contributed by atoms with E-state index in [-0.39, 0.29) is 16.3 Å². The Kier molecular flexibility index (Phi) is 6.27. The van der Waals surface area contributed by atoms with Gasteiger partial charge < -0.3 is 5.32 Å². The molecule has 3 aromatic rings. The van der Waals surface area contributed by atoms with E-state index in [2.05, 4.69) is 20.9 Å². The molecule has 0 saturated carbocycles. The number of carbonyl (C=O) groups excluding carboxylic acids is 2. The molecule has 0 fully saturated rings. The number of carbonyl (C=O) groups is 2. The molecule has 1 aromatic heterocycles. The largest absolute Gasteiger partial charge is 0.322 e. The minimum absolute atomic E-state index is 0.210. The van der Waals surface area contributed by atoms with Crippen LogP contribution in [0.1, 0.15) is 39.0 Å². The van der Waals surface area contributed by atoms with Gasteiger partial charge in [-0.15, -0.1) is 0 Å². The molecule has 0 saturated heterocycles. The van der Waals surface area contributed by atoms with Crippen LogP contribution in [0.4, 0.5) is 10.1 Å². The van der Waals surface area contributed by atoms with Crippen LogP contribution in [0.5, 0.6) is 0 Å². The summed E-state index contributed by atoms with van der Waals surface area (Å²) < 4.78 is 14.7. The van der Waals surface area contributed by atoms with Gasteiger partial charge in [0.25, 0.3) is 11.8 Å². The van der Waals surface area contributed by atoms with Crippen molar-refractivity contribution in [1.82, 2.24) is 15.2 Å². The number of anilines is 1. The number of hydrogen-bond donors (Lipinski definition) is 2. The van der Waals surface area contributed by atoms with Gasteiger partial charge in [-0.25, -0.2) is 9.82 Å². The molecular formula is C21H19ClFN5O2. The summed E-state index contributed by atoms with van der Waals surface area (Å²) in [5, 5.41) is 11.2. The second-order valence-electron chi connectivity index (χ2n) is 6.56. The fraction of sp³-hybridized carbons (Fsp3) is 0.143. The van der Waals surface area contributed by atoms with Crippen molar-refractivity contribution >= 4 is 34.8 Å². The Hall–Kier alpha value is -3.52. The predicted molar refractivity (Wildman–Crippen MR) is 113 cm³/mol. The van der Waals surface area contributed by atoms with Crippen LogP contribution in [0.3, 0.4) is 0 Å². The molecular weight excluding hydrogens is 409 g/mol. The molecule has 2 N–H and O–H groups in total. The zero-order valence-electron chi connectivity index (χ0n) is 16.5. The first-order valence-corrected chi connectivity index (χ1v) is 9.35. The van der Waals surface area contributed by atoms with Gasteiger partial charge in [0.1, 0.15) is 11.5 Å². The number of hydrogen-bond acceptors (Lipinski definition) is 4. The van der Waals surface area contributed by atoms with Gasteiger partial charge in [0, 0.05) is 18.3 Å². The van der Waals surface area contributed by atoms with E-state index >= 15 is 0 Å². The van der Waals surface area contributed by atoms with E-state index in [1.165, 1.54) is 22.9 Å². The summed E-state index contributed by atoms with van der Waals surface area (Å²) in [6.07, 6.45) is 0. The van der Waals surface area contributed by atoms with Crippen molar-refractivity contribution in [2.45, 2.75) is 13.8 Å². The SMILES string of the molecule is CC(=NNC(=O)c1c(Cl)c(C)nn1C)c1cccc(NC(=O)c2cccc(F)c2)c1. The van der Waals surface area contributed by atoms with Gasteiger partial charge in [0.05, 0.1) is 16.4 Å². The molecule has 0 aliphatic carbocycles. The maximum Gasteiger partial charge on any atom is 0.291 e. The minimum Gasteiger partial charge on any atom is -0.322 e. The Morgan fingerprint density at radius 2 is 1.80 bits per heavy atom. The molecule has 0 aliphatic heterocycles. The van der Waals surface area contributed by atoms with Crippen molar-refractivity contribution in [2.24, 2.45) is 12.1 Å². The molecule has 3 rings (SSSR count). The second-order valence-corrected chi connectivity index (χ2v) is 6.93. The Bertz CT molecular complexity index is 1160. The summed E-state index contributed by atoms with van der Waals surface area (Å²) in [6, 6.07) is 12.3. The zero-order valence-corrected chi connectivity index (χ0v) is 17.3. The highest BCUT2D eigenvalue weighted by molar-refractivity contribution is 6.34. The van der Waals surface area contributed by atoms with E-state index in [1.807, 2.05) is 0 Å². The summed E-state index contributed by atoms with van der Waals surface area (Å²) >= 11 is 6.11. The van der Waals surface area contributed by atoms with Crippen molar-refractivity contribution in [1.29, 1.82) is 0 Å². The van der Waals surface area contributed by atoms with E-state index in [4.69, 9.17) is 11.6 Å². The fourth-order valence-electron chi connectivity index (χ4n) is 2.79. The second kappa shape index (κ2) is 8.87. The van der Waals surface area contributed by atoms with Gasteiger partial charge in [0.15, 0.2) is 0 Å². The highest BCUT2D eigenvalue weighted by Crippen LogP contribution is 2.19. The lowest BCUT2D eigenvalue weighted by Crippen LogP contribution is -2.22. The van der Waals surface area contributed by atoms with Crippen LogP contribution in [-0.2, 0) is 7.05 Å². The molecule has 9 heteroatoms. The van der Waals surface area contributed by atoms with Gasteiger partial charge in [-0.3, -0.25) is 14.3 Å². The maximum atomic E-state index is 13.3. The number of hydrazone groups is 1. The van der Waals surface area contributed by atoms with Crippen molar-refractivity contribution in [2.75, 3.05) is 5.32 Å². The predicted octanol–water partition coefficient (Wildman–Crippen LogP) is 3.93. The van der Waals surface area contributed by atoms with E-state index < -0.39 is 17.6 Å². The maximum absolute atomic E-state index is 13.3. The average molecular weight is 428 g/mol. The van der Waals surface area contributed by atoms with Crippen LogP contribution in [0.25, 0.3) is 0 Å². The van der Waals surface area contributed by atoms with Crippen LogP contribution in [0.2, 0.25) is 5.02 Å². The first kappa shape index (κ1) is 21.2. The number of aryl methyl sites for hydroxylation is 2. The van der Waals surface area contributed by atoms with Gasteiger partial charge in [0.2, 0.25) is 0 Å². The number of halogens is 2. The highest BCUT2D eigenvalue weighted by atomic mass is 35.5. The normalized spacial score (nSPS) is 11.3. The molecule has 0 radical (unpaired) electrons. The standard InChI is InChI=1S/C21H19ClFN5O2/c1-12(25-26-21(30)19-18(22)13(2)27-28(19)3)14-6-5-9-17(11-14)24-20(29)15-7-4-8-16(23)10-15/h4-11H,1-3H3,(H,24,29)(H,26,30). The number of nitrogens with one attached hydrogen (secondary N) is 2. The smallest absolute Gasteiger partial charge is 0.291 e. The molecule has 154 valence electrons. The fourth-order valence-corrected chi connectivity index (χ4v) is 3.03. The molecule has 0 atom stereocenters. The number of aromatic nitrogens is 2.